The van der Waals surface area contributed by atoms with Crippen molar-refractivity contribution in [3.63, 3.8) is 0 Å². The molecule has 0 bridgehead atoms. The van der Waals surface area contributed by atoms with Crippen LogP contribution in [0.5, 0.6) is 0 Å². The van der Waals surface area contributed by atoms with Gasteiger partial charge in [0.1, 0.15) is 5.69 Å². The number of fused-ring (bicyclic) bond motifs is 1. The second kappa shape index (κ2) is 12.9. The number of aromatic carboxylic acids is 1. The summed E-state index contributed by atoms with van der Waals surface area (Å²) in [6.45, 7) is 3.98. The number of anilines is 1. The van der Waals surface area contributed by atoms with Crippen LogP contribution in [0.1, 0.15) is 62.0 Å². The summed E-state index contributed by atoms with van der Waals surface area (Å²) < 4.78 is 1.54. The molecule has 0 radical (unpaired) electrons. The predicted molar refractivity (Wildman–Crippen MR) is 161 cm³/mol. The Morgan fingerprint density at radius 1 is 1.10 bits per heavy atom. The minimum Gasteiger partial charge on any atom is -0.477 e. The maximum Gasteiger partial charge on any atom is 0.352 e. The normalized spacial score (nSPS) is 19.5. The van der Waals surface area contributed by atoms with E-state index in [9.17, 15) is 24.3 Å². The minimum atomic E-state index is -1.52. The Bertz CT molecular complexity index is 1500. The Morgan fingerprint density at radius 2 is 1.79 bits per heavy atom. The standard InChI is InChI=1S/C31H38N6O5/c1-19(2)17-21(18-33-36-30(42)35-20-11-5-4-6-12-20)34-27(38)23-14-9-10-16-31(23,29(32)41)25-22-13-7-8-15-24(22)37(3)26(25)28(39)40/h4-8,11-13,15,18-19,21,23H,9-10,14,16-17H2,1-3H3,(H2,32,41)(H,34,38)(H,39,40)(H2,35,36,42)/t21?,23-,31-/m0/s1. The van der Waals surface area contributed by atoms with Gasteiger partial charge in [-0.1, -0.05) is 63.1 Å². The lowest BCUT2D eigenvalue weighted by molar-refractivity contribution is -0.137. The van der Waals surface area contributed by atoms with Crippen LogP contribution in [0.15, 0.2) is 59.7 Å². The van der Waals surface area contributed by atoms with E-state index in [2.05, 4.69) is 21.2 Å². The van der Waals surface area contributed by atoms with Gasteiger partial charge in [-0.3, -0.25) is 9.59 Å². The summed E-state index contributed by atoms with van der Waals surface area (Å²) in [4.78, 5) is 52.3. The molecule has 1 unspecified atom stereocenters. The number of carboxylic acid groups (broad SMARTS) is 1. The number of nitrogens with one attached hydrogen (secondary N) is 3. The fraction of sp³-hybridized carbons (Fsp3) is 0.387. The van der Waals surface area contributed by atoms with Gasteiger partial charge < -0.3 is 26.0 Å². The van der Waals surface area contributed by atoms with E-state index in [0.29, 0.717) is 42.3 Å². The van der Waals surface area contributed by atoms with Crippen LogP contribution in [0.25, 0.3) is 10.9 Å². The van der Waals surface area contributed by atoms with Crippen LogP contribution in [0.3, 0.4) is 0 Å². The van der Waals surface area contributed by atoms with E-state index in [0.717, 1.165) is 0 Å². The maximum atomic E-state index is 14.0. The second-order valence-electron chi connectivity index (χ2n) is 11.2. The molecule has 1 aromatic heterocycles. The first-order chi connectivity index (χ1) is 20.1. The highest BCUT2D eigenvalue weighted by molar-refractivity contribution is 6.06. The third-order valence-corrected chi connectivity index (χ3v) is 7.93. The Balaban J connectivity index is 1.65. The van der Waals surface area contributed by atoms with Crippen LogP contribution in [-0.2, 0) is 22.1 Å². The van der Waals surface area contributed by atoms with E-state index < -0.39 is 41.2 Å². The number of hydrogen-bond donors (Lipinski definition) is 5. The molecule has 11 nitrogen and oxygen atoms in total. The van der Waals surface area contributed by atoms with E-state index in [1.165, 1.54) is 6.21 Å². The van der Waals surface area contributed by atoms with E-state index in [4.69, 9.17) is 5.73 Å². The molecule has 1 heterocycles. The number of amides is 4. The number of rotatable bonds is 10. The number of hydrogen-bond acceptors (Lipinski definition) is 5. The van der Waals surface area contributed by atoms with Crippen LogP contribution >= 0.6 is 0 Å². The first-order valence-corrected chi connectivity index (χ1v) is 14.1. The third-order valence-electron chi connectivity index (χ3n) is 7.93. The number of carbonyl (C=O) groups is 4. The summed E-state index contributed by atoms with van der Waals surface area (Å²) in [5.41, 5.74) is 8.49. The van der Waals surface area contributed by atoms with Crippen LogP contribution < -0.4 is 21.8 Å². The van der Waals surface area contributed by atoms with Crippen molar-refractivity contribution in [2.45, 2.75) is 57.4 Å². The number of para-hydroxylation sites is 2. The van der Waals surface area contributed by atoms with E-state index >= 15 is 0 Å². The average Bonchev–Trinajstić information content (AvgIpc) is 3.25. The SMILES string of the molecule is CC(C)CC(C=NNC(=O)Nc1ccccc1)NC(=O)[C@@H]1CCCC[C@@]1(C(N)=O)c1c(C(=O)O)n(C)c2ccccc12. The highest BCUT2D eigenvalue weighted by Gasteiger charge is 2.54. The van der Waals surface area contributed by atoms with Crippen LogP contribution in [0.2, 0.25) is 0 Å². The molecule has 3 aromatic rings. The molecule has 6 N–H and O–H groups in total. The fourth-order valence-electron chi connectivity index (χ4n) is 6.16. The van der Waals surface area contributed by atoms with Gasteiger partial charge in [0.2, 0.25) is 11.8 Å². The van der Waals surface area contributed by atoms with Crippen molar-refractivity contribution < 1.29 is 24.3 Å². The van der Waals surface area contributed by atoms with Crippen molar-refractivity contribution in [1.82, 2.24) is 15.3 Å². The monoisotopic (exact) mass is 574 g/mol. The lowest BCUT2D eigenvalue weighted by atomic mass is 9.60. The largest absolute Gasteiger partial charge is 0.477 e. The summed E-state index contributed by atoms with van der Waals surface area (Å²) in [5, 5.41) is 20.6. The van der Waals surface area contributed by atoms with Gasteiger partial charge in [0, 0.05) is 35.4 Å². The molecule has 4 amide bonds. The minimum absolute atomic E-state index is 0.0522. The van der Waals surface area contributed by atoms with E-state index in [1.807, 2.05) is 19.9 Å². The molecule has 222 valence electrons. The first kappa shape index (κ1) is 30.3. The molecular weight excluding hydrogens is 536 g/mol. The average molecular weight is 575 g/mol. The van der Waals surface area contributed by atoms with Crippen molar-refractivity contribution in [1.29, 1.82) is 0 Å². The first-order valence-electron chi connectivity index (χ1n) is 14.1. The number of carboxylic acids is 1. The van der Waals surface area contributed by atoms with Crippen molar-refractivity contribution in [2.24, 2.45) is 29.7 Å². The van der Waals surface area contributed by atoms with E-state index in [1.54, 1.807) is 60.1 Å². The fourth-order valence-corrected chi connectivity index (χ4v) is 6.16. The molecule has 1 saturated carbocycles. The Kier molecular flexibility index (Phi) is 9.29. The van der Waals surface area contributed by atoms with E-state index in [-0.39, 0.29) is 23.6 Å². The predicted octanol–water partition coefficient (Wildman–Crippen LogP) is 4.13. The molecule has 2 aromatic carbocycles. The molecule has 1 aliphatic rings. The highest BCUT2D eigenvalue weighted by Crippen LogP contribution is 2.48. The van der Waals surface area contributed by atoms with Gasteiger partial charge in [-0.2, -0.15) is 5.10 Å². The zero-order chi connectivity index (χ0) is 30.4. The van der Waals surface area contributed by atoms with Crippen LogP contribution in [0.4, 0.5) is 10.5 Å². The molecule has 3 atom stereocenters. The number of hydrazone groups is 1. The lowest BCUT2D eigenvalue weighted by Crippen LogP contribution is -2.56. The molecule has 42 heavy (non-hydrogen) atoms. The number of nitrogens with zero attached hydrogens (tertiary/aromatic N) is 2. The van der Waals surface area contributed by atoms with Crippen molar-refractivity contribution in [2.75, 3.05) is 5.32 Å². The Labute approximate surface area is 244 Å². The van der Waals surface area contributed by atoms with Crippen molar-refractivity contribution in [3.05, 3.63) is 65.9 Å². The van der Waals surface area contributed by atoms with Gasteiger partial charge in [0.15, 0.2) is 0 Å². The summed E-state index contributed by atoms with van der Waals surface area (Å²) in [6, 6.07) is 14.9. The molecule has 0 aliphatic heterocycles. The number of nitrogens with two attached hydrogens (primary N) is 1. The Morgan fingerprint density at radius 3 is 2.45 bits per heavy atom. The smallest absolute Gasteiger partial charge is 0.352 e. The Hall–Kier alpha value is -4.67. The van der Waals surface area contributed by atoms with Crippen molar-refractivity contribution in [3.8, 4) is 0 Å². The van der Waals surface area contributed by atoms with Crippen LogP contribution in [0, 0.1) is 11.8 Å². The molecule has 4 rings (SSSR count). The molecule has 0 saturated heterocycles. The number of benzene rings is 2. The summed E-state index contributed by atoms with van der Waals surface area (Å²) >= 11 is 0. The van der Waals surface area contributed by atoms with Gasteiger partial charge >= 0.3 is 12.0 Å². The number of primary amides is 1. The summed E-state index contributed by atoms with van der Waals surface area (Å²) in [7, 11) is 1.64. The number of aryl methyl sites for hydroxylation is 1. The molecule has 1 aliphatic carbocycles. The lowest BCUT2D eigenvalue weighted by Gasteiger charge is -2.41. The summed E-state index contributed by atoms with van der Waals surface area (Å²) in [5.74, 6) is -3.06. The zero-order valence-electron chi connectivity index (χ0n) is 24.1. The molecule has 1 fully saturated rings. The summed E-state index contributed by atoms with van der Waals surface area (Å²) in [6.07, 6.45) is 3.88. The molecular formula is C31H38N6O5. The van der Waals surface area contributed by atoms with Gasteiger partial charge in [0.05, 0.1) is 17.4 Å². The van der Waals surface area contributed by atoms with Gasteiger partial charge in [0.25, 0.3) is 0 Å². The number of carbonyl (C=O) groups excluding carboxylic acids is 3. The third kappa shape index (κ3) is 6.14. The van der Waals surface area contributed by atoms with Crippen molar-refractivity contribution >= 4 is 46.6 Å². The van der Waals surface area contributed by atoms with Gasteiger partial charge in [-0.15, -0.1) is 0 Å². The highest BCUT2D eigenvalue weighted by atomic mass is 16.4. The number of aromatic nitrogens is 1. The second-order valence-corrected chi connectivity index (χ2v) is 11.2. The van der Waals surface area contributed by atoms with Crippen LogP contribution in [-0.4, -0.2) is 45.7 Å². The molecule has 11 heteroatoms. The zero-order valence-corrected chi connectivity index (χ0v) is 24.1. The number of urea groups is 1. The molecule has 0 spiro atoms. The van der Waals surface area contributed by atoms with Gasteiger partial charge in [-0.05, 0) is 43.4 Å². The van der Waals surface area contributed by atoms with Gasteiger partial charge in [-0.25, -0.2) is 15.0 Å². The maximum absolute atomic E-state index is 14.0. The quantitative estimate of drug-likeness (QED) is 0.181. The topological polar surface area (TPSA) is 168 Å².